The van der Waals surface area contributed by atoms with Gasteiger partial charge in [0, 0.05) is 12.5 Å². The summed E-state index contributed by atoms with van der Waals surface area (Å²) >= 11 is 0. The summed E-state index contributed by atoms with van der Waals surface area (Å²) in [7, 11) is 0. The third kappa shape index (κ3) is 3.89. The average Bonchev–Trinajstić information content (AvgIpc) is 3.20. The summed E-state index contributed by atoms with van der Waals surface area (Å²) in [5, 5.41) is 3.71. The van der Waals surface area contributed by atoms with Gasteiger partial charge in [0.15, 0.2) is 0 Å². The van der Waals surface area contributed by atoms with Gasteiger partial charge in [0.2, 0.25) is 0 Å². The fourth-order valence-corrected chi connectivity index (χ4v) is 2.37. The van der Waals surface area contributed by atoms with Gasteiger partial charge < -0.3 is 5.32 Å². The molecule has 1 heteroatoms. The number of rotatable bonds is 7. The van der Waals surface area contributed by atoms with Crippen LogP contribution in [0.1, 0.15) is 49.3 Å². The molecule has 0 spiro atoms. The molecule has 1 aromatic carbocycles. The minimum absolute atomic E-state index is 0.552. The normalized spacial score (nSPS) is 16.2. The second-order valence-corrected chi connectivity index (χ2v) is 5.34. The number of hydrogen-bond acceptors (Lipinski definition) is 1. The maximum absolute atomic E-state index is 5.26. The minimum Gasteiger partial charge on any atom is -0.310 e. The first kappa shape index (κ1) is 13.2. The predicted molar refractivity (Wildman–Crippen MR) is 77.3 cm³/mol. The lowest BCUT2D eigenvalue weighted by Crippen LogP contribution is -2.24. The molecule has 1 nitrogen and oxygen atoms in total. The Hall–Kier alpha value is -1.26. The van der Waals surface area contributed by atoms with E-state index in [0.717, 1.165) is 25.3 Å². The second-order valence-electron chi connectivity index (χ2n) is 5.34. The first-order valence-electron chi connectivity index (χ1n) is 7.04. The highest BCUT2D eigenvalue weighted by Crippen LogP contribution is 2.40. The van der Waals surface area contributed by atoms with Gasteiger partial charge in [-0.05, 0) is 50.6 Å². The van der Waals surface area contributed by atoms with E-state index >= 15 is 0 Å². The zero-order chi connectivity index (χ0) is 12.8. The SMILES string of the molecule is C#CCCCCNC(c1ccc(C)cc1)C1CC1. The summed E-state index contributed by atoms with van der Waals surface area (Å²) in [6.45, 7) is 3.22. The van der Waals surface area contributed by atoms with Crippen LogP contribution in [0.15, 0.2) is 24.3 Å². The maximum atomic E-state index is 5.26. The van der Waals surface area contributed by atoms with E-state index in [1.165, 1.54) is 30.4 Å². The van der Waals surface area contributed by atoms with Crippen LogP contribution in [0.25, 0.3) is 0 Å². The molecule has 0 radical (unpaired) electrons. The molecule has 1 aromatic rings. The average molecular weight is 241 g/mol. The Kier molecular flexibility index (Phi) is 4.84. The van der Waals surface area contributed by atoms with Crippen LogP contribution in [0.4, 0.5) is 0 Å². The molecule has 0 amide bonds. The highest BCUT2D eigenvalue weighted by Gasteiger charge is 2.31. The van der Waals surface area contributed by atoms with Gasteiger partial charge in [0.1, 0.15) is 0 Å². The number of nitrogens with one attached hydrogen (secondary N) is 1. The van der Waals surface area contributed by atoms with E-state index in [9.17, 15) is 0 Å². The van der Waals surface area contributed by atoms with Crippen molar-refractivity contribution in [2.24, 2.45) is 5.92 Å². The van der Waals surface area contributed by atoms with Crippen LogP contribution >= 0.6 is 0 Å². The maximum Gasteiger partial charge on any atom is 0.0348 e. The van der Waals surface area contributed by atoms with Crippen molar-refractivity contribution < 1.29 is 0 Å². The lowest BCUT2D eigenvalue weighted by Gasteiger charge is -2.19. The summed E-state index contributed by atoms with van der Waals surface area (Å²) < 4.78 is 0. The lowest BCUT2D eigenvalue weighted by molar-refractivity contribution is 0.471. The molecule has 2 rings (SSSR count). The smallest absolute Gasteiger partial charge is 0.0348 e. The van der Waals surface area contributed by atoms with Crippen molar-refractivity contribution in [3.63, 3.8) is 0 Å². The van der Waals surface area contributed by atoms with Crippen molar-refractivity contribution in [1.82, 2.24) is 5.32 Å². The summed E-state index contributed by atoms with van der Waals surface area (Å²) in [5.41, 5.74) is 2.78. The van der Waals surface area contributed by atoms with Gasteiger partial charge in [-0.3, -0.25) is 0 Å². The van der Waals surface area contributed by atoms with E-state index in [1.54, 1.807) is 0 Å². The Morgan fingerprint density at radius 2 is 2.00 bits per heavy atom. The van der Waals surface area contributed by atoms with E-state index in [-0.39, 0.29) is 0 Å². The molecule has 1 unspecified atom stereocenters. The van der Waals surface area contributed by atoms with Crippen LogP contribution in [-0.2, 0) is 0 Å². The van der Waals surface area contributed by atoms with Crippen molar-refractivity contribution in [3.8, 4) is 12.3 Å². The molecule has 1 saturated carbocycles. The molecule has 96 valence electrons. The molecule has 0 bridgehead atoms. The number of benzene rings is 1. The summed E-state index contributed by atoms with van der Waals surface area (Å²) in [6.07, 6.45) is 11.2. The van der Waals surface area contributed by atoms with Gasteiger partial charge in [-0.2, -0.15) is 0 Å². The predicted octanol–water partition coefficient (Wildman–Crippen LogP) is 3.84. The molecule has 18 heavy (non-hydrogen) atoms. The van der Waals surface area contributed by atoms with Crippen molar-refractivity contribution in [1.29, 1.82) is 0 Å². The molecule has 1 N–H and O–H groups in total. The van der Waals surface area contributed by atoms with Crippen LogP contribution in [0.3, 0.4) is 0 Å². The zero-order valence-corrected chi connectivity index (χ0v) is 11.3. The van der Waals surface area contributed by atoms with Crippen molar-refractivity contribution in [2.75, 3.05) is 6.54 Å². The third-order valence-corrected chi connectivity index (χ3v) is 3.64. The van der Waals surface area contributed by atoms with Gasteiger partial charge in [-0.25, -0.2) is 0 Å². The number of hydrogen-bond donors (Lipinski definition) is 1. The highest BCUT2D eigenvalue weighted by atomic mass is 14.9. The third-order valence-electron chi connectivity index (χ3n) is 3.64. The Morgan fingerprint density at radius 1 is 1.28 bits per heavy atom. The van der Waals surface area contributed by atoms with Crippen LogP contribution in [0, 0.1) is 25.2 Å². The van der Waals surface area contributed by atoms with Crippen LogP contribution in [0.5, 0.6) is 0 Å². The molecular weight excluding hydrogens is 218 g/mol. The summed E-state index contributed by atoms with van der Waals surface area (Å²) in [6, 6.07) is 9.52. The molecule has 0 aromatic heterocycles. The first-order valence-corrected chi connectivity index (χ1v) is 7.04. The molecular formula is C17H23N. The topological polar surface area (TPSA) is 12.0 Å². The second kappa shape index (κ2) is 6.61. The zero-order valence-electron chi connectivity index (χ0n) is 11.3. The molecule has 0 aliphatic heterocycles. The van der Waals surface area contributed by atoms with Crippen molar-refractivity contribution in [2.45, 2.75) is 45.1 Å². The van der Waals surface area contributed by atoms with Crippen molar-refractivity contribution in [3.05, 3.63) is 35.4 Å². The lowest BCUT2D eigenvalue weighted by atomic mass is 10.0. The van der Waals surface area contributed by atoms with Crippen molar-refractivity contribution >= 4 is 0 Å². The molecule has 0 saturated heterocycles. The minimum atomic E-state index is 0.552. The Labute approximate surface area is 111 Å². The highest BCUT2D eigenvalue weighted by molar-refractivity contribution is 5.25. The molecule has 1 aliphatic rings. The fraction of sp³-hybridized carbons (Fsp3) is 0.529. The number of unbranched alkanes of at least 4 members (excludes halogenated alkanes) is 2. The molecule has 1 fully saturated rings. The monoisotopic (exact) mass is 241 g/mol. The van der Waals surface area contributed by atoms with Gasteiger partial charge in [-0.1, -0.05) is 29.8 Å². The summed E-state index contributed by atoms with van der Waals surface area (Å²) in [5.74, 6) is 3.55. The van der Waals surface area contributed by atoms with E-state index < -0.39 is 0 Å². The number of terminal acetylenes is 1. The van der Waals surface area contributed by atoms with Gasteiger partial charge in [0.05, 0.1) is 0 Å². The molecule has 1 atom stereocenters. The van der Waals surface area contributed by atoms with Crippen LogP contribution in [-0.4, -0.2) is 6.54 Å². The Morgan fingerprint density at radius 3 is 2.61 bits per heavy atom. The van der Waals surface area contributed by atoms with Gasteiger partial charge in [-0.15, -0.1) is 12.3 Å². The van der Waals surface area contributed by atoms with Crippen LogP contribution in [0.2, 0.25) is 0 Å². The number of aryl methyl sites for hydroxylation is 1. The quantitative estimate of drug-likeness (QED) is 0.565. The van der Waals surface area contributed by atoms with E-state index in [4.69, 9.17) is 6.42 Å². The van der Waals surface area contributed by atoms with E-state index in [1.807, 2.05) is 0 Å². The Bertz CT molecular complexity index is 395. The fourth-order valence-electron chi connectivity index (χ4n) is 2.37. The van der Waals surface area contributed by atoms with E-state index in [0.29, 0.717) is 6.04 Å². The first-order chi connectivity index (χ1) is 8.81. The van der Waals surface area contributed by atoms with E-state index in [2.05, 4.69) is 42.4 Å². The summed E-state index contributed by atoms with van der Waals surface area (Å²) in [4.78, 5) is 0. The van der Waals surface area contributed by atoms with Gasteiger partial charge >= 0.3 is 0 Å². The standard InChI is InChI=1S/C17H23N/c1-3-4-5-6-13-18-17(16-11-12-16)15-9-7-14(2)8-10-15/h1,7-10,16-18H,4-6,11-13H2,2H3. The Balaban J connectivity index is 1.85. The largest absolute Gasteiger partial charge is 0.310 e. The molecule has 0 heterocycles. The van der Waals surface area contributed by atoms with Crippen LogP contribution < -0.4 is 5.32 Å². The molecule has 1 aliphatic carbocycles. The van der Waals surface area contributed by atoms with Gasteiger partial charge in [0.25, 0.3) is 0 Å².